The second-order valence-corrected chi connectivity index (χ2v) is 9.99. The van der Waals surface area contributed by atoms with E-state index < -0.39 is 0 Å². The van der Waals surface area contributed by atoms with Crippen molar-refractivity contribution in [2.24, 2.45) is 11.8 Å². The molecule has 4 atom stereocenters. The summed E-state index contributed by atoms with van der Waals surface area (Å²) in [5, 5.41) is 0. The van der Waals surface area contributed by atoms with Crippen molar-refractivity contribution < 1.29 is 0 Å². The molecule has 0 aromatic carbocycles. The second kappa shape index (κ2) is 6.34. The predicted octanol–water partition coefficient (Wildman–Crippen LogP) is 4.93. The van der Waals surface area contributed by atoms with Crippen LogP contribution in [-0.4, -0.2) is 46.6 Å². The zero-order chi connectivity index (χ0) is 17.9. The van der Waals surface area contributed by atoms with Crippen molar-refractivity contribution in [3.8, 4) is 0 Å². The first kappa shape index (κ1) is 17.3. The molecule has 2 saturated heterocycles. The molecule has 2 nitrogen and oxygen atoms in total. The van der Waals surface area contributed by atoms with Gasteiger partial charge in [0.25, 0.3) is 0 Å². The van der Waals surface area contributed by atoms with Gasteiger partial charge in [-0.05, 0) is 74.9 Å². The van der Waals surface area contributed by atoms with Gasteiger partial charge in [0.05, 0.1) is 0 Å². The Morgan fingerprint density at radius 2 is 1.92 bits per heavy atom. The van der Waals surface area contributed by atoms with E-state index in [1.54, 1.807) is 11.1 Å². The lowest BCUT2D eigenvalue weighted by Crippen LogP contribution is -2.65. The minimum Gasteiger partial charge on any atom is -0.292 e. The van der Waals surface area contributed by atoms with E-state index >= 15 is 0 Å². The van der Waals surface area contributed by atoms with E-state index in [9.17, 15) is 0 Å². The van der Waals surface area contributed by atoms with E-state index in [0.29, 0.717) is 11.6 Å². The third kappa shape index (κ3) is 2.67. The number of piperidine rings is 2. The highest BCUT2D eigenvalue weighted by molar-refractivity contribution is 5.32. The Balaban J connectivity index is 1.42. The maximum absolute atomic E-state index is 3.06. The molecule has 1 saturated carbocycles. The van der Waals surface area contributed by atoms with Crippen LogP contribution in [-0.2, 0) is 0 Å². The number of nitrogens with zero attached hydrogens (tertiary/aromatic N) is 2. The fourth-order valence-corrected chi connectivity index (χ4v) is 6.45. The van der Waals surface area contributed by atoms with Crippen molar-refractivity contribution in [3.05, 3.63) is 35.5 Å². The topological polar surface area (TPSA) is 6.48 Å². The smallest absolute Gasteiger partial charge is 0.0369 e. The molecule has 0 N–H and O–H groups in total. The van der Waals surface area contributed by atoms with Crippen LogP contribution in [0.2, 0.25) is 0 Å². The quantitative estimate of drug-likeness (QED) is 0.664. The number of fused-ring (bicyclic) bond motifs is 1. The van der Waals surface area contributed by atoms with Gasteiger partial charge in [-0.3, -0.25) is 9.80 Å². The van der Waals surface area contributed by atoms with Crippen LogP contribution < -0.4 is 0 Å². The molecule has 142 valence electrons. The van der Waals surface area contributed by atoms with Gasteiger partial charge in [0.2, 0.25) is 0 Å². The molecule has 2 aliphatic carbocycles. The minimum absolute atomic E-state index is 0.571. The molecule has 0 aromatic heterocycles. The summed E-state index contributed by atoms with van der Waals surface area (Å²) in [6, 6.07) is 2.11. The third-order valence-electron chi connectivity index (χ3n) is 8.14. The average Bonchev–Trinajstić information content (AvgIpc) is 3.44. The van der Waals surface area contributed by atoms with Crippen LogP contribution in [0.1, 0.15) is 65.7 Å². The monoisotopic (exact) mass is 352 g/mol. The lowest BCUT2D eigenvalue weighted by molar-refractivity contribution is -0.0451. The van der Waals surface area contributed by atoms with E-state index in [0.717, 1.165) is 23.9 Å². The molecule has 3 aliphatic heterocycles. The molecule has 1 unspecified atom stereocenters. The fourth-order valence-electron chi connectivity index (χ4n) is 6.45. The maximum atomic E-state index is 3.06. The standard InChI is InChI=1S/C24H36N2/c1-17(2)22-10-9-20-15-25(18(3)19-7-5-4-6-8-19)16-21-11-12-24(13-14-24)26(22)23(20)21/h5,7-9,17-18,21-23H,4,6,10-16H2,1-3H3/t18-,21+,22+,23?/m0/s1. The van der Waals surface area contributed by atoms with Crippen LogP contribution in [0.25, 0.3) is 0 Å². The Labute approximate surface area is 160 Å². The van der Waals surface area contributed by atoms with Crippen LogP contribution in [0, 0.1) is 11.8 Å². The molecule has 2 heteroatoms. The third-order valence-corrected chi connectivity index (χ3v) is 8.14. The van der Waals surface area contributed by atoms with E-state index in [1.807, 2.05) is 0 Å². The van der Waals surface area contributed by atoms with Crippen LogP contribution >= 0.6 is 0 Å². The van der Waals surface area contributed by atoms with Crippen molar-refractivity contribution in [1.82, 2.24) is 9.80 Å². The zero-order valence-corrected chi connectivity index (χ0v) is 17.0. The van der Waals surface area contributed by atoms with Gasteiger partial charge in [0, 0.05) is 36.8 Å². The second-order valence-electron chi connectivity index (χ2n) is 9.99. The first-order chi connectivity index (χ1) is 12.6. The van der Waals surface area contributed by atoms with E-state index in [1.165, 1.54) is 58.0 Å². The molecule has 0 radical (unpaired) electrons. The summed E-state index contributed by atoms with van der Waals surface area (Å²) in [7, 11) is 0. The van der Waals surface area contributed by atoms with Gasteiger partial charge >= 0.3 is 0 Å². The molecule has 3 fully saturated rings. The van der Waals surface area contributed by atoms with Crippen LogP contribution in [0.5, 0.6) is 0 Å². The van der Waals surface area contributed by atoms with Crippen molar-refractivity contribution in [2.45, 2.75) is 89.4 Å². The van der Waals surface area contributed by atoms with Gasteiger partial charge < -0.3 is 0 Å². The molecule has 0 bridgehead atoms. The van der Waals surface area contributed by atoms with Gasteiger partial charge in [0.15, 0.2) is 0 Å². The van der Waals surface area contributed by atoms with E-state index in [4.69, 9.17) is 0 Å². The van der Waals surface area contributed by atoms with Crippen molar-refractivity contribution in [1.29, 1.82) is 0 Å². The Morgan fingerprint density at radius 3 is 2.62 bits per heavy atom. The first-order valence-corrected chi connectivity index (χ1v) is 11.2. The lowest BCUT2D eigenvalue weighted by atomic mass is 9.72. The van der Waals surface area contributed by atoms with Crippen LogP contribution in [0.4, 0.5) is 0 Å². The SMILES string of the molecule is CC(C)[C@H]1CC=C2CN([C@@H](C)C3=CCCC=C3)C[C@H]3CCC4(CC4)N1C23. The van der Waals surface area contributed by atoms with Gasteiger partial charge in [-0.25, -0.2) is 0 Å². The average molecular weight is 353 g/mol. The predicted molar refractivity (Wildman–Crippen MR) is 109 cm³/mol. The summed E-state index contributed by atoms with van der Waals surface area (Å²) < 4.78 is 0. The molecule has 26 heavy (non-hydrogen) atoms. The van der Waals surface area contributed by atoms with E-state index in [-0.39, 0.29) is 0 Å². The first-order valence-electron chi connectivity index (χ1n) is 11.2. The number of hydrogen-bond donors (Lipinski definition) is 0. The molecular weight excluding hydrogens is 316 g/mol. The fraction of sp³-hybridized carbons (Fsp3) is 0.750. The minimum atomic E-state index is 0.571. The van der Waals surface area contributed by atoms with Crippen LogP contribution in [0.3, 0.4) is 0 Å². The van der Waals surface area contributed by atoms with Crippen LogP contribution in [0.15, 0.2) is 35.5 Å². The molecule has 3 heterocycles. The Bertz CT molecular complexity index is 651. The molecule has 0 aromatic rings. The number of likely N-dealkylation sites (tertiary alicyclic amines) is 1. The Morgan fingerprint density at radius 1 is 1.08 bits per heavy atom. The van der Waals surface area contributed by atoms with Gasteiger partial charge in [0.1, 0.15) is 0 Å². The molecule has 0 amide bonds. The Kier molecular flexibility index (Phi) is 4.21. The summed E-state index contributed by atoms with van der Waals surface area (Å²) >= 11 is 0. The summed E-state index contributed by atoms with van der Waals surface area (Å²) in [6.45, 7) is 9.83. The number of allylic oxidation sites excluding steroid dienone is 2. The van der Waals surface area contributed by atoms with Crippen molar-refractivity contribution >= 4 is 0 Å². The Hall–Kier alpha value is -0.860. The highest BCUT2D eigenvalue weighted by atomic mass is 15.3. The largest absolute Gasteiger partial charge is 0.292 e. The molecule has 1 spiro atoms. The van der Waals surface area contributed by atoms with Crippen molar-refractivity contribution in [2.75, 3.05) is 13.1 Å². The number of hydrogen-bond acceptors (Lipinski definition) is 2. The molecule has 5 aliphatic rings. The normalized spacial score (nSPS) is 37.3. The van der Waals surface area contributed by atoms with Gasteiger partial charge in [-0.1, -0.05) is 38.2 Å². The molecule has 5 rings (SSSR count). The maximum Gasteiger partial charge on any atom is 0.0369 e. The summed E-state index contributed by atoms with van der Waals surface area (Å²) in [5.41, 5.74) is 3.91. The van der Waals surface area contributed by atoms with E-state index in [2.05, 4.69) is 54.9 Å². The number of rotatable bonds is 3. The van der Waals surface area contributed by atoms with Gasteiger partial charge in [-0.15, -0.1) is 0 Å². The summed E-state index contributed by atoms with van der Waals surface area (Å²) in [4.78, 5) is 5.84. The highest BCUT2D eigenvalue weighted by Crippen LogP contribution is 2.56. The summed E-state index contributed by atoms with van der Waals surface area (Å²) in [5.74, 6) is 1.62. The lowest BCUT2D eigenvalue weighted by Gasteiger charge is -2.58. The highest BCUT2D eigenvalue weighted by Gasteiger charge is 2.59. The van der Waals surface area contributed by atoms with Gasteiger partial charge in [-0.2, -0.15) is 0 Å². The molecular formula is C24H36N2. The zero-order valence-electron chi connectivity index (χ0n) is 17.0. The van der Waals surface area contributed by atoms with Crippen molar-refractivity contribution in [3.63, 3.8) is 0 Å². The summed E-state index contributed by atoms with van der Waals surface area (Å²) in [6.07, 6.45) is 19.4.